The number of rotatable bonds is 6. The predicted molar refractivity (Wildman–Crippen MR) is 119 cm³/mol. The van der Waals surface area contributed by atoms with Gasteiger partial charge in [-0.05, 0) is 60.5 Å². The Morgan fingerprint density at radius 2 is 1.84 bits per heavy atom. The Hall–Kier alpha value is -4.00. The monoisotopic (exact) mass is 430 g/mol. The normalized spacial score (nSPS) is 14.5. The Morgan fingerprint density at radius 1 is 1.00 bits per heavy atom. The van der Waals surface area contributed by atoms with Crippen LogP contribution in [-0.2, 0) is 11.4 Å². The highest BCUT2D eigenvalue weighted by molar-refractivity contribution is 6.05. The van der Waals surface area contributed by atoms with Gasteiger partial charge in [-0.1, -0.05) is 12.1 Å². The number of nitrogens with zero attached hydrogens (tertiary/aromatic N) is 1. The van der Waals surface area contributed by atoms with Gasteiger partial charge in [-0.15, -0.1) is 0 Å². The van der Waals surface area contributed by atoms with Crippen LogP contribution in [0, 0.1) is 0 Å². The molecular formula is C25H22N2O5. The van der Waals surface area contributed by atoms with E-state index in [1.165, 1.54) is 0 Å². The van der Waals surface area contributed by atoms with E-state index >= 15 is 0 Å². The average molecular weight is 430 g/mol. The Balaban J connectivity index is 1.20. The predicted octanol–water partition coefficient (Wildman–Crippen LogP) is 4.37. The van der Waals surface area contributed by atoms with Crippen molar-refractivity contribution in [2.45, 2.75) is 19.4 Å². The molecule has 0 saturated carbocycles. The summed E-state index contributed by atoms with van der Waals surface area (Å²) >= 11 is 0. The SMILES string of the molecule is O=C(Nc1cccc(COc2ccc3c(c2)OCO3)c1)c1ccc(N2CCCC2=O)cc1. The minimum absolute atomic E-state index is 0.127. The number of amides is 2. The fourth-order valence-electron chi connectivity index (χ4n) is 3.79. The minimum Gasteiger partial charge on any atom is -0.489 e. The topological polar surface area (TPSA) is 77.1 Å². The second-order valence-corrected chi connectivity index (χ2v) is 7.65. The van der Waals surface area contributed by atoms with Crippen LogP contribution in [0.15, 0.2) is 66.7 Å². The number of hydrogen-bond acceptors (Lipinski definition) is 5. The van der Waals surface area contributed by atoms with Crippen LogP contribution in [0.25, 0.3) is 0 Å². The molecule has 0 unspecified atom stereocenters. The smallest absolute Gasteiger partial charge is 0.255 e. The second-order valence-electron chi connectivity index (χ2n) is 7.65. The quantitative estimate of drug-likeness (QED) is 0.628. The van der Waals surface area contributed by atoms with E-state index in [0.717, 1.165) is 24.2 Å². The fourth-order valence-corrected chi connectivity index (χ4v) is 3.79. The van der Waals surface area contributed by atoms with Gasteiger partial charge in [0.05, 0.1) is 0 Å². The maximum atomic E-state index is 12.7. The molecule has 0 bridgehead atoms. The third-order valence-electron chi connectivity index (χ3n) is 5.45. The minimum atomic E-state index is -0.210. The van der Waals surface area contributed by atoms with E-state index in [1.807, 2.05) is 48.5 Å². The van der Waals surface area contributed by atoms with Gasteiger partial charge in [-0.25, -0.2) is 0 Å². The molecule has 2 aliphatic heterocycles. The number of carbonyl (C=O) groups is 2. The van der Waals surface area contributed by atoms with Crippen LogP contribution in [0.3, 0.4) is 0 Å². The van der Waals surface area contributed by atoms with Crippen LogP contribution in [0.2, 0.25) is 0 Å². The molecular weight excluding hydrogens is 408 g/mol. The summed E-state index contributed by atoms with van der Waals surface area (Å²) in [5, 5.41) is 2.92. The summed E-state index contributed by atoms with van der Waals surface area (Å²) in [6, 6.07) is 20.1. The van der Waals surface area contributed by atoms with Gasteiger partial charge >= 0.3 is 0 Å². The van der Waals surface area contributed by atoms with Crippen LogP contribution >= 0.6 is 0 Å². The zero-order valence-electron chi connectivity index (χ0n) is 17.4. The van der Waals surface area contributed by atoms with E-state index in [0.29, 0.717) is 41.5 Å². The Labute approximate surface area is 185 Å². The van der Waals surface area contributed by atoms with Crippen molar-refractivity contribution in [1.29, 1.82) is 0 Å². The standard InChI is InChI=1S/C25H22N2O5/c28-24-5-2-12-27(24)20-8-6-18(7-9-20)25(29)26-19-4-1-3-17(13-19)15-30-21-10-11-22-23(14-21)32-16-31-22/h1,3-4,6-11,13-14H,2,5,12,15-16H2,(H,26,29). The molecule has 0 atom stereocenters. The van der Waals surface area contributed by atoms with Gasteiger partial charge in [0.2, 0.25) is 12.7 Å². The summed E-state index contributed by atoms with van der Waals surface area (Å²) in [6.07, 6.45) is 1.45. The molecule has 1 saturated heterocycles. The van der Waals surface area contributed by atoms with Crippen molar-refractivity contribution in [2.75, 3.05) is 23.6 Å². The third kappa shape index (κ3) is 4.23. The first-order valence-electron chi connectivity index (χ1n) is 10.5. The highest BCUT2D eigenvalue weighted by Crippen LogP contribution is 2.35. The molecule has 2 amide bonds. The lowest BCUT2D eigenvalue weighted by molar-refractivity contribution is -0.117. The van der Waals surface area contributed by atoms with Gasteiger partial charge in [0.25, 0.3) is 5.91 Å². The maximum Gasteiger partial charge on any atom is 0.255 e. The number of hydrogen-bond donors (Lipinski definition) is 1. The molecule has 7 heteroatoms. The number of nitrogens with one attached hydrogen (secondary N) is 1. The highest BCUT2D eigenvalue weighted by atomic mass is 16.7. The molecule has 162 valence electrons. The molecule has 32 heavy (non-hydrogen) atoms. The van der Waals surface area contributed by atoms with Gasteiger partial charge in [0.1, 0.15) is 12.4 Å². The van der Waals surface area contributed by atoms with Crippen LogP contribution in [0.1, 0.15) is 28.8 Å². The Morgan fingerprint density at radius 3 is 2.66 bits per heavy atom. The molecule has 0 radical (unpaired) electrons. The van der Waals surface area contributed by atoms with E-state index < -0.39 is 0 Å². The first kappa shape index (κ1) is 19.9. The van der Waals surface area contributed by atoms with Crippen molar-refractivity contribution in [2.24, 2.45) is 0 Å². The van der Waals surface area contributed by atoms with Crippen LogP contribution in [0.4, 0.5) is 11.4 Å². The molecule has 3 aromatic rings. The fraction of sp³-hybridized carbons (Fsp3) is 0.200. The van der Waals surface area contributed by atoms with Crippen molar-refractivity contribution >= 4 is 23.2 Å². The zero-order chi connectivity index (χ0) is 21.9. The van der Waals surface area contributed by atoms with Gasteiger partial charge in [-0.2, -0.15) is 0 Å². The largest absolute Gasteiger partial charge is 0.489 e. The zero-order valence-corrected chi connectivity index (χ0v) is 17.4. The average Bonchev–Trinajstić information content (AvgIpc) is 3.46. The van der Waals surface area contributed by atoms with Crippen molar-refractivity contribution in [3.8, 4) is 17.2 Å². The Bertz CT molecular complexity index is 1160. The van der Waals surface area contributed by atoms with Gasteiger partial charge in [-0.3, -0.25) is 9.59 Å². The first-order valence-corrected chi connectivity index (χ1v) is 10.5. The van der Waals surface area contributed by atoms with Crippen molar-refractivity contribution < 1.29 is 23.8 Å². The molecule has 5 rings (SSSR count). The number of ether oxygens (including phenoxy) is 3. The molecule has 1 N–H and O–H groups in total. The highest BCUT2D eigenvalue weighted by Gasteiger charge is 2.21. The van der Waals surface area contributed by atoms with E-state index in [2.05, 4.69) is 5.32 Å². The van der Waals surface area contributed by atoms with Gasteiger partial charge < -0.3 is 24.4 Å². The lowest BCUT2D eigenvalue weighted by Crippen LogP contribution is -2.23. The summed E-state index contributed by atoms with van der Waals surface area (Å²) < 4.78 is 16.5. The first-order chi connectivity index (χ1) is 15.7. The summed E-state index contributed by atoms with van der Waals surface area (Å²) in [4.78, 5) is 26.3. The van der Waals surface area contributed by atoms with Crippen LogP contribution in [-0.4, -0.2) is 25.2 Å². The molecule has 0 spiro atoms. The third-order valence-corrected chi connectivity index (χ3v) is 5.45. The summed E-state index contributed by atoms with van der Waals surface area (Å²) in [7, 11) is 0. The van der Waals surface area contributed by atoms with Crippen LogP contribution in [0.5, 0.6) is 17.2 Å². The number of anilines is 2. The molecule has 0 aliphatic carbocycles. The molecule has 2 aliphatic rings. The lowest BCUT2D eigenvalue weighted by Gasteiger charge is -2.16. The van der Waals surface area contributed by atoms with Crippen molar-refractivity contribution in [1.82, 2.24) is 0 Å². The summed E-state index contributed by atoms with van der Waals surface area (Å²) in [5.41, 5.74) is 2.96. The van der Waals surface area contributed by atoms with Gasteiger partial charge in [0.15, 0.2) is 11.5 Å². The van der Waals surface area contributed by atoms with Crippen LogP contribution < -0.4 is 24.4 Å². The maximum absolute atomic E-state index is 12.7. The summed E-state index contributed by atoms with van der Waals surface area (Å²) in [5.74, 6) is 1.98. The van der Waals surface area contributed by atoms with Gasteiger partial charge in [0, 0.05) is 36.0 Å². The van der Waals surface area contributed by atoms with E-state index in [1.54, 1.807) is 23.1 Å². The van der Waals surface area contributed by atoms with E-state index in [4.69, 9.17) is 14.2 Å². The molecule has 7 nitrogen and oxygen atoms in total. The van der Waals surface area contributed by atoms with E-state index in [-0.39, 0.29) is 18.6 Å². The second kappa shape index (κ2) is 8.63. The molecule has 0 aromatic heterocycles. The lowest BCUT2D eigenvalue weighted by atomic mass is 10.1. The number of fused-ring (bicyclic) bond motifs is 1. The van der Waals surface area contributed by atoms with Crippen molar-refractivity contribution in [3.05, 3.63) is 77.9 Å². The van der Waals surface area contributed by atoms with Crippen molar-refractivity contribution in [3.63, 3.8) is 0 Å². The number of carbonyl (C=O) groups excluding carboxylic acids is 2. The molecule has 2 heterocycles. The summed E-state index contributed by atoms with van der Waals surface area (Å²) in [6.45, 7) is 1.30. The number of benzene rings is 3. The Kier molecular flexibility index (Phi) is 5.37. The molecule has 3 aromatic carbocycles. The van der Waals surface area contributed by atoms with E-state index in [9.17, 15) is 9.59 Å². The molecule has 1 fully saturated rings.